The highest BCUT2D eigenvalue weighted by atomic mass is 16.5. The molecule has 1 aromatic rings. The first-order valence-corrected chi connectivity index (χ1v) is 6.52. The highest BCUT2D eigenvalue weighted by Gasteiger charge is 2.14. The number of nitrogens with zero attached hydrogens (tertiary/aromatic N) is 2. The Morgan fingerprint density at radius 2 is 1.85 bits per heavy atom. The Kier molecular flexibility index (Phi) is 6.97. The molecule has 0 atom stereocenters. The summed E-state index contributed by atoms with van der Waals surface area (Å²) in [6.45, 7) is 3.65. The average molecular weight is 282 g/mol. The summed E-state index contributed by atoms with van der Waals surface area (Å²) in [5.41, 5.74) is 0.486. The number of rotatable bonds is 8. The third kappa shape index (κ3) is 4.79. The monoisotopic (exact) mass is 282 g/mol. The fraction of sp³-hybridized carbons (Fsp3) is 0.571. The van der Waals surface area contributed by atoms with Crippen LogP contribution in [0.5, 0.6) is 0 Å². The van der Waals surface area contributed by atoms with Crippen molar-refractivity contribution in [2.45, 2.75) is 13.5 Å². The molecule has 1 rings (SSSR count). The van der Waals surface area contributed by atoms with Gasteiger partial charge in [-0.05, 0) is 13.0 Å². The molecule has 1 aromatic heterocycles. The van der Waals surface area contributed by atoms with E-state index < -0.39 is 0 Å². The standard InChI is InChI=1S/C14H22N2O4/c1-12-5-4-6-16(14(12)18)11-13(17)15(7-9-19-2)8-10-20-3/h4-6H,7-11H2,1-3H3. The zero-order chi connectivity index (χ0) is 15.0. The number of hydrogen-bond acceptors (Lipinski definition) is 4. The van der Waals surface area contributed by atoms with E-state index in [0.717, 1.165) is 0 Å². The van der Waals surface area contributed by atoms with Gasteiger partial charge in [-0.2, -0.15) is 0 Å². The van der Waals surface area contributed by atoms with E-state index in [1.807, 2.05) is 0 Å². The minimum atomic E-state index is -0.140. The van der Waals surface area contributed by atoms with E-state index in [0.29, 0.717) is 31.9 Å². The normalized spacial score (nSPS) is 10.6. The third-order valence-electron chi connectivity index (χ3n) is 3.00. The van der Waals surface area contributed by atoms with Gasteiger partial charge in [0.2, 0.25) is 5.91 Å². The predicted molar refractivity (Wildman–Crippen MR) is 75.8 cm³/mol. The molecule has 0 spiro atoms. The molecule has 0 fully saturated rings. The fourth-order valence-electron chi connectivity index (χ4n) is 1.79. The van der Waals surface area contributed by atoms with Crippen LogP contribution < -0.4 is 5.56 Å². The van der Waals surface area contributed by atoms with Crippen molar-refractivity contribution in [1.82, 2.24) is 9.47 Å². The Morgan fingerprint density at radius 1 is 1.25 bits per heavy atom. The maximum Gasteiger partial charge on any atom is 0.253 e. The summed E-state index contributed by atoms with van der Waals surface area (Å²) in [6.07, 6.45) is 1.62. The molecular formula is C14H22N2O4. The van der Waals surface area contributed by atoms with E-state index in [2.05, 4.69) is 0 Å². The predicted octanol–water partition coefficient (Wildman–Crippen LogP) is 0.278. The van der Waals surface area contributed by atoms with Crippen LogP contribution in [-0.2, 0) is 20.8 Å². The van der Waals surface area contributed by atoms with Crippen molar-refractivity contribution in [3.8, 4) is 0 Å². The van der Waals surface area contributed by atoms with Crippen molar-refractivity contribution in [1.29, 1.82) is 0 Å². The number of aromatic nitrogens is 1. The van der Waals surface area contributed by atoms with Crippen LogP contribution in [0.2, 0.25) is 0 Å². The average Bonchev–Trinajstić information content (AvgIpc) is 2.44. The second kappa shape index (κ2) is 8.50. The molecule has 112 valence electrons. The lowest BCUT2D eigenvalue weighted by Gasteiger charge is -2.22. The van der Waals surface area contributed by atoms with Gasteiger partial charge >= 0.3 is 0 Å². The van der Waals surface area contributed by atoms with Gasteiger partial charge < -0.3 is 18.9 Å². The minimum Gasteiger partial charge on any atom is -0.383 e. The largest absolute Gasteiger partial charge is 0.383 e. The van der Waals surface area contributed by atoms with Gasteiger partial charge in [0.25, 0.3) is 5.56 Å². The quantitative estimate of drug-likeness (QED) is 0.687. The number of methoxy groups -OCH3 is 2. The van der Waals surface area contributed by atoms with Crippen LogP contribution >= 0.6 is 0 Å². The smallest absolute Gasteiger partial charge is 0.253 e. The van der Waals surface area contributed by atoms with Crippen molar-refractivity contribution in [2.24, 2.45) is 0 Å². The highest BCUT2D eigenvalue weighted by molar-refractivity contribution is 5.76. The maximum absolute atomic E-state index is 12.2. The van der Waals surface area contributed by atoms with Gasteiger partial charge in [0.15, 0.2) is 0 Å². The summed E-state index contributed by atoms with van der Waals surface area (Å²) in [7, 11) is 3.17. The number of ether oxygens (including phenoxy) is 2. The van der Waals surface area contributed by atoms with Gasteiger partial charge in [0, 0.05) is 39.1 Å². The molecule has 1 amide bonds. The summed E-state index contributed by atoms with van der Waals surface area (Å²) in [5, 5.41) is 0. The summed E-state index contributed by atoms with van der Waals surface area (Å²) < 4.78 is 11.4. The Morgan fingerprint density at radius 3 is 2.40 bits per heavy atom. The number of carbonyl (C=O) groups excluding carboxylic acids is 1. The van der Waals surface area contributed by atoms with Crippen molar-refractivity contribution < 1.29 is 14.3 Å². The van der Waals surface area contributed by atoms with Gasteiger partial charge in [-0.25, -0.2) is 0 Å². The molecule has 0 N–H and O–H groups in total. The van der Waals surface area contributed by atoms with Crippen LogP contribution in [0.3, 0.4) is 0 Å². The van der Waals surface area contributed by atoms with Crippen LogP contribution in [0.25, 0.3) is 0 Å². The summed E-state index contributed by atoms with van der Waals surface area (Å²) in [4.78, 5) is 25.8. The Labute approximate surface area is 118 Å². The number of carbonyl (C=O) groups is 1. The molecular weight excluding hydrogens is 260 g/mol. The lowest BCUT2D eigenvalue weighted by molar-refractivity contribution is -0.133. The zero-order valence-corrected chi connectivity index (χ0v) is 12.3. The first-order valence-electron chi connectivity index (χ1n) is 6.52. The summed E-state index contributed by atoms with van der Waals surface area (Å²) >= 11 is 0. The zero-order valence-electron chi connectivity index (χ0n) is 12.3. The second-order valence-electron chi connectivity index (χ2n) is 4.49. The Balaban J connectivity index is 2.73. The van der Waals surface area contributed by atoms with Gasteiger partial charge in [0.05, 0.1) is 13.2 Å². The molecule has 0 saturated heterocycles. The van der Waals surface area contributed by atoms with E-state index >= 15 is 0 Å². The first kappa shape index (κ1) is 16.4. The molecule has 0 saturated carbocycles. The second-order valence-corrected chi connectivity index (χ2v) is 4.49. The number of hydrogen-bond donors (Lipinski definition) is 0. The fourth-order valence-corrected chi connectivity index (χ4v) is 1.79. The Hall–Kier alpha value is -1.66. The lowest BCUT2D eigenvalue weighted by atomic mass is 10.3. The van der Waals surface area contributed by atoms with E-state index in [1.165, 1.54) is 4.57 Å². The molecule has 6 nitrogen and oxygen atoms in total. The Bertz CT molecular complexity index is 476. The van der Waals surface area contributed by atoms with Crippen LogP contribution in [-0.4, -0.2) is 55.9 Å². The van der Waals surface area contributed by atoms with E-state index in [1.54, 1.807) is 44.4 Å². The van der Waals surface area contributed by atoms with Crippen LogP contribution in [0.4, 0.5) is 0 Å². The van der Waals surface area contributed by atoms with E-state index in [9.17, 15) is 9.59 Å². The van der Waals surface area contributed by atoms with Crippen molar-refractivity contribution in [2.75, 3.05) is 40.5 Å². The first-order chi connectivity index (χ1) is 9.60. The van der Waals surface area contributed by atoms with Crippen LogP contribution in [0, 0.1) is 6.92 Å². The van der Waals surface area contributed by atoms with E-state index in [-0.39, 0.29) is 18.0 Å². The molecule has 0 aliphatic rings. The van der Waals surface area contributed by atoms with Crippen molar-refractivity contribution in [3.63, 3.8) is 0 Å². The molecule has 0 aliphatic carbocycles. The molecule has 0 aliphatic heterocycles. The third-order valence-corrected chi connectivity index (χ3v) is 3.00. The molecule has 6 heteroatoms. The van der Waals surface area contributed by atoms with Crippen LogP contribution in [0.1, 0.15) is 5.56 Å². The minimum absolute atomic E-state index is 0.0357. The molecule has 0 bridgehead atoms. The molecule has 20 heavy (non-hydrogen) atoms. The SMILES string of the molecule is COCCN(CCOC)C(=O)Cn1cccc(C)c1=O. The van der Waals surface area contributed by atoms with Gasteiger partial charge in [0.1, 0.15) is 6.54 Å². The molecule has 0 radical (unpaired) electrons. The lowest BCUT2D eigenvalue weighted by Crippen LogP contribution is -2.40. The van der Waals surface area contributed by atoms with Crippen molar-refractivity contribution in [3.05, 3.63) is 34.2 Å². The van der Waals surface area contributed by atoms with Gasteiger partial charge in [-0.1, -0.05) is 6.07 Å². The topological polar surface area (TPSA) is 60.8 Å². The summed E-state index contributed by atoms with van der Waals surface area (Å²) in [6, 6.07) is 3.50. The number of amides is 1. The van der Waals surface area contributed by atoms with Gasteiger partial charge in [-0.3, -0.25) is 9.59 Å². The number of aryl methyl sites for hydroxylation is 1. The van der Waals surface area contributed by atoms with Crippen molar-refractivity contribution >= 4 is 5.91 Å². The molecule has 1 heterocycles. The molecule has 0 aromatic carbocycles. The van der Waals surface area contributed by atoms with Gasteiger partial charge in [-0.15, -0.1) is 0 Å². The van der Waals surface area contributed by atoms with E-state index in [4.69, 9.17) is 9.47 Å². The highest BCUT2D eigenvalue weighted by Crippen LogP contribution is 1.96. The summed E-state index contributed by atoms with van der Waals surface area (Å²) in [5.74, 6) is -0.119. The maximum atomic E-state index is 12.2. The van der Waals surface area contributed by atoms with Crippen LogP contribution in [0.15, 0.2) is 23.1 Å². The number of pyridine rings is 1. The molecule has 0 unspecified atom stereocenters.